The van der Waals surface area contributed by atoms with Gasteiger partial charge in [-0.3, -0.25) is 9.59 Å². The molecule has 1 aliphatic heterocycles. The molecule has 0 aromatic heterocycles. The molecule has 0 bridgehead atoms. The molecule has 0 aliphatic carbocycles. The lowest BCUT2D eigenvalue weighted by Gasteiger charge is -2.35. The van der Waals surface area contributed by atoms with E-state index in [0.29, 0.717) is 18.0 Å². The number of unbranched alkanes of at least 4 members (excludes halogenated alkanes) is 2. The zero-order valence-electron chi connectivity index (χ0n) is 29.9. The molecule has 0 atom stereocenters. The molecule has 2 N–H and O–H groups in total. The van der Waals surface area contributed by atoms with Crippen LogP contribution in [0.25, 0.3) is 0 Å². The van der Waals surface area contributed by atoms with E-state index >= 15 is 0 Å². The fourth-order valence-electron chi connectivity index (χ4n) is 5.63. The third-order valence-electron chi connectivity index (χ3n) is 8.25. The van der Waals surface area contributed by atoms with Gasteiger partial charge in [0, 0.05) is 81.3 Å². The second-order valence-corrected chi connectivity index (χ2v) is 15.2. The predicted molar refractivity (Wildman–Crippen MR) is 204 cm³/mol. The average molecular weight is 723 g/mol. The summed E-state index contributed by atoms with van der Waals surface area (Å²) in [6.07, 6.45) is 13.5. The van der Waals surface area contributed by atoms with Crippen LogP contribution in [-0.2, 0) is 24.6 Å². The SMILES string of the molecule is CCNc1ccc(SO)cc1C(C)(C)C/C=C/C=C/C=C(/N(CCCCCC(=O)ON1C(=O)CCC1=O)c1ccc(SN=O)cc1)C(C)(C)C. The molecule has 1 heterocycles. The van der Waals surface area contributed by atoms with Crippen LogP contribution < -0.4 is 10.2 Å². The summed E-state index contributed by atoms with van der Waals surface area (Å²) in [7, 11) is 0. The van der Waals surface area contributed by atoms with Gasteiger partial charge in [-0.25, -0.2) is 4.79 Å². The summed E-state index contributed by atoms with van der Waals surface area (Å²) >= 11 is 1.64. The number of benzene rings is 2. The highest BCUT2D eigenvalue weighted by molar-refractivity contribution is 7.98. The van der Waals surface area contributed by atoms with Gasteiger partial charge in [-0.1, -0.05) is 65.3 Å². The van der Waals surface area contributed by atoms with Gasteiger partial charge < -0.3 is 19.6 Å². The highest BCUT2D eigenvalue weighted by atomic mass is 32.2. The van der Waals surface area contributed by atoms with Crippen molar-refractivity contribution >= 4 is 53.1 Å². The van der Waals surface area contributed by atoms with Gasteiger partial charge >= 0.3 is 5.97 Å². The molecule has 0 spiro atoms. The van der Waals surface area contributed by atoms with Crippen molar-refractivity contribution in [2.45, 2.75) is 102 Å². The van der Waals surface area contributed by atoms with E-state index in [1.54, 1.807) is 0 Å². The van der Waals surface area contributed by atoms with Crippen molar-refractivity contribution in [3.8, 4) is 0 Å². The standard InChI is InChI=1S/C38H50N4O6S2/c1-7-39-32-22-21-30(50-47)27-31(32)38(5,6)25-13-9-8-11-15-33(37(2,3)4)41(28-17-19-29(20-18-28)49-40-46)26-14-10-12-16-36(45)48-42-34(43)23-24-35(42)44/h8-9,11,13,15,17-22,27,39,47H,7,10,12,14,16,23-26H2,1-6H3/b11-8+,13-9+,33-15+. The first-order valence-electron chi connectivity index (χ1n) is 17.0. The Labute approximate surface area is 305 Å². The summed E-state index contributed by atoms with van der Waals surface area (Å²) in [6.45, 7) is 14.4. The van der Waals surface area contributed by atoms with E-state index in [2.05, 4.69) is 74.6 Å². The zero-order chi connectivity index (χ0) is 36.7. The largest absolute Gasteiger partial charge is 0.385 e. The quantitative estimate of drug-likeness (QED) is 0.0361. The molecule has 10 nitrogen and oxygen atoms in total. The lowest BCUT2D eigenvalue weighted by Crippen LogP contribution is -2.32. The first kappa shape index (κ1) is 40.6. The van der Waals surface area contributed by atoms with Crippen LogP contribution in [-0.4, -0.2) is 40.5 Å². The molecule has 12 heteroatoms. The Morgan fingerprint density at radius 1 is 0.980 bits per heavy atom. The molecule has 0 saturated carbocycles. The number of rotatable bonds is 19. The number of nitroso groups, excluding NO2 is 1. The van der Waals surface area contributed by atoms with Crippen molar-refractivity contribution in [2.24, 2.45) is 10.00 Å². The minimum Gasteiger partial charge on any atom is -0.385 e. The van der Waals surface area contributed by atoms with Crippen LogP contribution in [0, 0.1) is 10.3 Å². The Bertz CT molecular complexity index is 1550. The molecular formula is C38H50N4O6S2. The summed E-state index contributed by atoms with van der Waals surface area (Å²) < 4.78 is 12.6. The molecule has 2 aromatic carbocycles. The second kappa shape index (κ2) is 19.5. The maximum atomic E-state index is 12.3. The first-order valence-corrected chi connectivity index (χ1v) is 18.5. The fourth-order valence-corrected chi connectivity index (χ4v) is 6.27. The number of hydrogen-bond donors (Lipinski definition) is 2. The van der Waals surface area contributed by atoms with Crippen molar-refractivity contribution in [1.82, 2.24) is 5.06 Å². The smallest absolute Gasteiger partial charge is 0.333 e. The number of hydrogen-bond acceptors (Lipinski definition) is 11. The van der Waals surface area contributed by atoms with E-state index in [9.17, 15) is 23.8 Å². The van der Waals surface area contributed by atoms with Crippen LogP contribution in [0.4, 0.5) is 11.4 Å². The molecule has 1 fully saturated rings. The zero-order valence-corrected chi connectivity index (χ0v) is 31.6. The topological polar surface area (TPSA) is 129 Å². The van der Waals surface area contributed by atoms with Gasteiger partial charge in [-0.05, 0) is 85.7 Å². The summed E-state index contributed by atoms with van der Waals surface area (Å²) in [4.78, 5) is 55.4. The lowest BCUT2D eigenvalue weighted by atomic mass is 9.80. The minimum absolute atomic E-state index is 0.0683. The summed E-state index contributed by atoms with van der Waals surface area (Å²) in [5.74, 6) is -1.55. The van der Waals surface area contributed by atoms with Crippen LogP contribution in [0.2, 0.25) is 0 Å². The summed E-state index contributed by atoms with van der Waals surface area (Å²) in [5.41, 5.74) is 3.90. The van der Waals surface area contributed by atoms with Crippen molar-refractivity contribution < 1.29 is 23.8 Å². The third-order valence-corrected chi connectivity index (χ3v) is 9.27. The number of carbonyl (C=O) groups is 3. The van der Waals surface area contributed by atoms with Crippen LogP contribution in [0.3, 0.4) is 0 Å². The number of nitrogens with one attached hydrogen (secondary N) is 1. The molecule has 0 radical (unpaired) electrons. The highest BCUT2D eigenvalue weighted by Crippen LogP contribution is 2.36. The lowest BCUT2D eigenvalue weighted by molar-refractivity contribution is -0.197. The van der Waals surface area contributed by atoms with Crippen LogP contribution >= 0.6 is 24.0 Å². The Morgan fingerprint density at radius 3 is 2.28 bits per heavy atom. The van der Waals surface area contributed by atoms with Gasteiger partial charge in [-0.2, -0.15) is 0 Å². The highest BCUT2D eigenvalue weighted by Gasteiger charge is 2.32. The number of hydroxylamine groups is 2. The van der Waals surface area contributed by atoms with E-state index in [4.69, 9.17) is 4.84 Å². The van der Waals surface area contributed by atoms with Crippen LogP contribution in [0.15, 0.2) is 92.9 Å². The van der Waals surface area contributed by atoms with Gasteiger partial charge in [0.05, 0.1) is 11.9 Å². The number of carbonyl (C=O) groups excluding carboxylic acids is 3. The molecule has 270 valence electrons. The number of nitrogens with zero attached hydrogens (tertiary/aromatic N) is 3. The van der Waals surface area contributed by atoms with E-state index in [1.807, 2.05) is 54.6 Å². The molecular weight excluding hydrogens is 673 g/mol. The number of amides is 2. The molecule has 1 saturated heterocycles. The predicted octanol–water partition coefficient (Wildman–Crippen LogP) is 9.84. The normalized spacial score (nSPS) is 14.2. The Kier molecular flexibility index (Phi) is 15.8. The Balaban J connectivity index is 1.72. The summed E-state index contributed by atoms with van der Waals surface area (Å²) in [6, 6.07) is 13.7. The van der Waals surface area contributed by atoms with Crippen molar-refractivity contribution in [2.75, 3.05) is 23.3 Å². The van der Waals surface area contributed by atoms with Crippen LogP contribution in [0.5, 0.6) is 0 Å². The summed E-state index contributed by atoms with van der Waals surface area (Å²) in [5, 5.41) is 4.03. The number of anilines is 2. The Hall–Kier alpha value is -3.87. The number of imide groups is 1. The maximum Gasteiger partial charge on any atom is 0.333 e. The van der Waals surface area contributed by atoms with Crippen LogP contribution in [0.1, 0.15) is 92.1 Å². The monoisotopic (exact) mass is 722 g/mol. The minimum atomic E-state index is -0.588. The van der Waals surface area contributed by atoms with E-state index < -0.39 is 17.8 Å². The third kappa shape index (κ3) is 12.2. The molecule has 1 aliphatic rings. The van der Waals surface area contributed by atoms with E-state index in [1.165, 1.54) is 0 Å². The van der Waals surface area contributed by atoms with Crippen molar-refractivity contribution in [3.05, 3.63) is 89.0 Å². The molecule has 0 unspecified atom stereocenters. The van der Waals surface area contributed by atoms with E-state index in [-0.39, 0.29) is 30.1 Å². The van der Waals surface area contributed by atoms with Crippen molar-refractivity contribution in [3.63, 3.8) is 0 Å². The fraction of sp³-hybridized carbons (Fsp3) is 0.447. The van der Waals surface area contributed by atoms with Gasteiger partial charge in [0.25, 0.3) is 11.8 Å². The second-order valence-electron chi connectivity index (χ2n) is 13.7. The molecule has 50 heavy (non-hydrogen) atoms. The Morgan fingerprint density at radius 2 is 1.66 bits per heavy atom. The molecule has 3 rings (SSSR count). The van der Waals surface area contributed by atoms with Crippen molar-refractivity contribution in [1.29, 1.82) is 0 Å². The first-order chi connectivity index (χ1) is 23.8. The maximum absolute atomic E-state index is 12.3. The van der Waals surface area contributed by atoms with Gasteiger partial charge in [-0.15, -0.1) is 9.97 Å². The molecule has 2 aromatic rings. The average Bonchev–Trinajstić information content (AvgIpc) is 3.39. The molecule has 2 amide bonds. The van der Waals surface area contributed by atoms with Gasteiger partial charge in [0.2, 0.25) is 0 Å². The van der Waals surface area contributed by atoms with E-state index in [0.717, 1.165) is 82.2 Å². The number of allylic oxidation sites excluding steroid dienone is 6. The van der Waals surface area contributed by atoms with Gasteiger partial charge in [0.1, 0.15) is 0 Å². The van der Waals surface area contributed by atoms with Gasteiger partial charge in [0.15, 0.2) is 0 Å².